The summed E-state index contributed by atoms with van der Waals surface area (Å²) in [5.41, 5.74) is 3.26. The van der Waals surface area contributed by atoms with E-state index in [1.165, 1.54) is 12.3 Å². The van der Waals surface area contributed by atoms with Crippen LogP contribution in [-0.2, 0) is 23.9 Å². The van der Waals surface area contributed by atoms with Crippen molar-refractivity contribution in [1.29, 1.82) is 0 Å². The molecule has 0 fully saturated rings. The fraction of sp³-hybridized carbons (Fsp3) is 0.467. The Morgan fingerprint density at radius 2 is 1.79 bits per heavy atom. The maximum Gasteiger partial charge on any atom is 0.415 e. The lowest BCUT2D eigenvalue weighted by Crippen LogP contribution is -2.54. The SMILES string of the molecule is CCOC(=O)C(=O)NNC(=O)[C@@H]1C=CC=CN1C(=O)OC(C)(C)C. The molecule has 0 bridgehead atoms. The molecule has 0 aromatic rings. The van der Waals surface area contributed by atoms with Crippen LogP contribution in [-0.4, -0.2) is 47.0 Å². The number of allylic oxidation sites excluding steroid dienone is 2. The van der Waals surface area contributed by atoms with Gasteiger partial charge in [0, 0.05) is 6.20 Å². The Hall–Kier alpha value is -2.84. The fourth-order valence-electron chi connectivity index (χ4n) is 1.64. The van der Waals surface area contributed by atoms with Crippen molar-refractivity contribution in [3.8, 4) is 0 Å². The molecule has 0 aromatic carbocycles. The molecular weight excluding hydrogens is 318 g/mol. The quantitative estimate of drug-likeness (QED) is 0.427. The summed E-state index contributed by atoms with van der Waals surface area (Å²) in [4.78, 5) is 47.9. The second-order valence-corrected chi connectivity index (χ2v) is 5.72. The number of nitrogens with one attached hydrogen (secondary N) is 2. The molecule has 1 aliphatic heterocycles. The topological polar surface area (TPSA) is 114 Å². The number of hydrogen-bond acceptors (Lipinski definition) is 6. The van der Waals surface area contributed by atoms with Crippen molar-refractivity contribution in [3.63, 3.8) is 0 Å². The van der Waals surface area contributed by atoms with Crippen molar-refractivity contribution in [1.82, 2.24) is 15.8 Å². The summed E-state index contributed by atoms with van der Waals surface area (Å²) in [5, 5.41) is 0. The zero-order valence-corrected chi connectivity index (χ0v) is 14.0. The number of hydrazine groups is 1. The van der Waals surface area contributed by atoms with E-state index in [1.54, 1.807) is 39.8 Å². The Kier molecular flexibility index (Phi) is 6.51. The maximum absolute atomic E-state index is 12.2. The van der Waals surface area contributed by atoms with E-state index in [4.69, 9.17) is 4.74 Å². The van der Waals surface area contributed by atoms with Gasteiger partial charge in [0.25, 0.3) is 5.91 Å². The second-order valence-electron chi connectivity index (χ2n) is 5.72. The molecule has 1 atom stereocenters. The molecule has 132 valence electrons. The smallest absolute Gasteiger partial charge is 0.415 e. The number of esters is 1. The summed E-state index contributed by atoms with van der Waals surface area (Å²) in [7, 11) is 0. The third-order valence-electron chi connectivity index (χ3n) is 2.58. The zero-order valence-electron chi connectivity index (χ0n) is 14.0. The first kappa shape index (κ1) is 19.2. The Balaban J connectivity index is 2.68. The van der Waals surface area contributed by atoms with Gasteiger partial charge in [-0.05, 0) is 33.8 Å². The number of amides is 3. The highest BCUT2D eigenvalue weighted by Crippen LogP contribution is 2.15. The first-order valence-electron chi connectivity index (χ1n) is 7.29. The molecule has 0 spiro atoms. The Bertz CT molecular complexity index is 576. The minimum Gasteiger partial charge on any atom is -0.459 e. The lowest BCUT2D eigenvalue weighted by atomic mass is 10.2. The molecule has 24 heavy (non-hydrogen) atoms. The van der Waals surface area contributed by atoms with Gasteiger partial charge >= 0.3 is 18.0 Å². The van der Waals surface area contributed by atoms with Gasteiger partial charge in [-0.1, -0.05) is 12.2 Å². The van der Waals surface area contributed by atoms with Gasteiger partial charge in [0.2, 0.25) is 0 Å². The molecule has 0 saturated heterocycles. The Morgan fingerprint density at radius 1 is 1.12 bits per heavy atom. The van der Waals surface area contributed by atoms with E-state index in [2.05, 4.69) is 10.2 Å². The maximum atomic E-state index is 12.2. The highest BCUT2D eigenvalue weighted by atomic mass is 16.6. The third-order valence-corrected chi connectivity index (χ3v) is 2.58. The normalized spacial score (nSPS) is 16.3. The molecule has 0 aromatic heterocycles. The van der Waals surface area contributed by atoms with Gasteiger partial charge in [0.15, 0.2) is 0 Å². The molecule has 1 heterocycles. The first-order valence-corrected chi connectivity index (χ1v) is 7.29. The van der Waals surface area contributed by atoms with Crippen molar-refractivity contribution >= 4 is 23.9 Å². The molecular formula is C15H21N3O6. The van der Waals surface area contributed by atoms with E-state index >= 15 is 0 Å². The highest BCUT2D eigenvalue weighted by molar-refractivity contribution is 6.32. The Labute approximate surface area is 139 Å². The van der Waals surface area contributed by atoms with E-state index in [9.17, 15) is 19.2 Å². The van der Waals surface area contributed by atoms with Crippen LogP contribution in [0.2, 0.25) is 0 Å². The van der Waals surface area contributed by atoms with E-state index in [1.807, 2.05) is 5.43 Å². The predicted molar refractivity (Wildman–Crippen MR) is 83.1 cm³/mol. The van der Waals surface area contributed by atoms with Gasteiger partial charge in [-0.2, -0.15) is 0 Å². The minimum absolute atomic E-state index is 0.0305. The third kappa shape index (κ3) is 5.75. The zero-order chi connectivity index (χ0) is 18.3. The summed E-state index contributed by atoms with van der Waals surface area (Å²) < 4.78 is 9.70. The average Bonchev–Trinajstić information content (AvgIpc) is 2.50. The summed E-state index contributed by atoms with van der Waals surface area (Å²) in [6, 6.07) is -1.03. The molecule has 1 aliphatic rings. The van der Waals surface area contributed by atoms with Crippen molar-refractivity contribution in [2.24, 2.45) is 0 Å². The molecule has 9 nitrogen and oxygen atoms in total. The molecule has 0 aliphatic carbocycles. The monoisotopic (exact) mass is 339 g/mol. The summed E-state index contributed by atoms with van der Waals surface area (Å²) >= 11 is 0. The van der Waals surface area contributed by atoms with E-state index in [0.717, 1.165) is 4.90 Å². The molecule has 3 amide bonds. The fourth-order valence-corrected chi connectivity index (χ4v) is 1.64. The standard InChI is InChI=1S/C15H21N3O6/c1-5-23-13(21)12(20)17-16-11(19)10-8-6-7-9-18(10)14(22)24-15(2,3)4/h6-10H,5H2,1-4H3,(H,16,19)(H,17,20)/t10-/m0/s1. The van der Waals surface area contributed by atoms with Gasteiger partial charge in [-0.15, -0.1) is 0 Å². The van der Waals surface area contributed by atoms with Gasteiger partial charge in [-0.3, -0.25) is 25.3 Å². The Morgan fingerprint density at radius 3 is 2.38 bits per heavy atom. The number of carbonyl (C=O) groups excluding carboxylic acids is 4. The van der Waals surface area contributed by atoms with E-state index in [0.29, 0.717) is 0 Å². The van der Waals surface area contributed by atoms with Gasteiger partial charge in [0.05, 0.1) is 6.61 Å². The van der Waals surface area contributed by atoms with E-state index < -0.39 is 35.5 Å². The summed E-state index contributed by atoms with van der Waals surface area (Å²) in [6.07, 6.45) is 5.23. The number of rotatable bonds is 2. The van der Waals surface area contributed by atoms with Crippen molar-refractivity contribution in [2.75, 3.05) is 6.61 Å². The van der Waals surface area contributed by atoms with E-state index in [-0.39, 0.29) is 6.61 Å². The van der Waals surface area contributed by atoms with Crippen LogP contribution in [0.5, 0.6) is 0 Å². The molecule has 9 heteroatoms. The predicted octanol–water partition coefficient (Wildman–Crippen LogP) is 0.386. The van der Waals surface area contributed by atoms with Crippen LogP contribution < -0.4 is 10.9 Å². The van der Waals surface area contributed by atoms with Gasteiger partial charge in [-0.25, -0.2) is 9.59 Å². The van der Waals surface area contributed by atoms with Crippen LogP contribution in [0.25, 0.3) is 0 Å². The first-order chi connectivity index (χ1) is 11.2. The number of ether oxygens (including phenoxy) is 2. The van der Waals surface area contributed by atoms with Crippen LogP contribution in [0, 0.1) is 0 Å². The van der Waals surface area contributed by atoms with Gasteiger partial charge < -0.3 is 9.47 Å². The van der Waals surface area contributed by atoms with Crippen molar-refractivity contribution in [2.45, 2.75) is 39.3 Å². The highest BCUT2D eigenvalue weighted by Gasteiger charge is 2.31. The number of nitrogens with zero attached hydrogens (tertiary/aromatic N) is 1. The van der Waals surface area contributed by atoms with Crippen LogP contribution >= 0.6 is 0 Å². The molecule has 1 rings (SSSR count). The molecule has 0 unspecified atom stereocenters. The number of hydrogen-bond donors (Lipinski definition) is 2. The average molecular weight is 339 g/mol. The van der Waals surface area contributed by atoms with Crippen molar-refractivity contribution < 1.29 is 28.7 Å². The number of carbonyl (C=O) groups is 4. The van der Waals surface area contributed by atoms with Crippen LogP contribution in [0.4, 0.5) is 4.79 Å². The lowest BCUT2D eigenvalue weighted by molar-refractivity contribution is -0.155. The van der Waals surface area contributed by atoms with Crippen LogP contribution in [0.15, 0.2) is 24.4 Å². The van der Waals surface area contributed by atoms with Crippen LogP contribution in [0.1, 0.15) is 27.7 Å². The molecule has 0 saturated carbocycles. The molecule has 0 radical (unpaired) electrons. The largest absolute Gasteiger partial charge is 0.459 e. The summed E-state index contributed by atoms with van der Waals surface area (Å²) in [5.74, 6) is -2.97. The van der Waals surface area contributed by atoms with Crippen molar-refractivity contribution in [3.05, 3.63) is 24.4 Å². The minimum atomic E-state index is -1.12. The summed E-state index contributed by atoms with van der Waals surface area (Å²) in [6.45, 7) is 6.67. The lowest BCUT2D eigenvalue weighted by Gasteiger charge is -2.30. The second kappa shape index (κ2) is 8.14. The van der Waals surface area contributed by atoms with Crippen LogP contribution in [0.3, 0.4) is 0 Å². The molecule has 2 N–H and O–H groups in total. The van der Waals surface area contributed by atoms with Gasteiger partial charge in [0.1, 0.15) is 11.6 Å².